The monoisotopic (exact) mass is 386 g/mol. The van der Waals surface area contributed by atoms with Gasteiger partial charge in [0.15, 0.2) is 11.5 Å². The second kappa shape index (κ2) is 9.55. The van der Waals surface area contributed by atoms with Crippen LogP contribution in [0.15, 0.2) is 47.4 Å². The molecule has 0 radical (unpaired) electrons. The minimum Gasteiger partial charge on any atom is -0.486 e. The predicted molar refractivity (Wildman–Crippen MR) is 110 cm³/mol. The number of thioether (sulfide) groups is 1. The highest BCUT2D eigenvalue weighted by Gasteiger charge is 2.13. The maximum Gasteiger partial charge on any atom is 0.230 e. The van der Waals surface area contributed by atoms with Gasteiger partial charge in [0.25, 0.3) is 0 Å². The number of amides is 1. The second-order valence-corrected chi connectivity index (χ2v) is 7.36. The Kier molecular flexibility index (Phi) is 6.87. The summed E-state index contributed by atoms with van der Waals surface area (Å²) in [4.78, 5) is 15.5. The summed E-state index contributed by atoms with van der Waals surface area (Å²) in [7, 11) is 0. The molecular weight excluding hydrogens is 360 g/mol. The van der Waals surface area contributed by atoms with Gasteiger partial charge < -0.3 is 19.7 Å². The maximum atomic E-state index is 12.2. The molecule has 27 heavy (non-hydrogen) atoms. The summed E-state index contributed by atoms with van der Waals surface area (Å²) in [5, 5.41) is 3.01. The summed E-state index contributed by atoms with van der Waals surface area (Å²) in [6.07, 6.45) is 0. The second-order valence-electron chi connectivity index (χ2n) is 6.31. The molecule has 3 rings (SSSR count). The highest BCUT2D eigenvalue weighted by molar-refractivity contribution is 8.00. The van der Waals surface area contributed by atoms with Crippen LogP contribution in [0.5, 0.6) is 11.5 Å². The quantitative estimate of drug-likeness (QED) is 0.704. The molecule has 5 nitrogen and oxygen atoms in total. The third-order valence-electron chi connectivity index (χ3n) is 4.43. The number of hydrogen-bond donors (Lipinski definition) is 1. The van der Waals surface area contributed by atoms with Gasteiger partial charge in [0.2, 0.25) is 5.91 Å². The van der Waals surface area contributed by atoms with Gasteiger partial charge in [0.05, 0.1) is 5.75 Å². The minimum atomic E-state index is 0.0377. The van der Waals surface area contributed by atoms with Crippen molar-refractivity contribution in [1.29, 1.82) is 0 Å². The van der Waals surface area contributed by atoms with Crippen molar-refractivity contribution in [3.8, 4) is 11.5 Å². The van der Waals surface area contributed by atoms with E-state index >= 15 is 0 Å². The fourth-order valence-corrected chi connectivity index (χ4v) is 3.77. The number of para-hydroxylation sites is 1. The first-order chi connectivity index (χ1) is 13.2. The molecule has 0 bridgehead atoms. The van der Waals surface area contributed by atoms with Crippen molar-refractivity contribution in [1.82, 2.24) is 5.32 Å². The summed E-state index contributed by atoms with van der Waals surface area (Å²) >= 11 is 1.50. The highest BCUT2D eigenvalue weighted by Crippen LogP contribution is 2.34. The molecule has 144 valence electrons. The molecule has 1 heterocycles. The van der Waals surface area contributed by atoms with Gasteiger partial charge in [-0.25, -0.2) is 0 Å². The van der Waals surface area contributed by atoms with Gasteiger partial charge in [-0.15, -0.1) is 11.8 Å². The number of nitrogens with one attached hydrogen (secondary N) is 1. The summed E-state index contributed by atoms with van der Waals surface area (Å²) in [6.45, 7) is 7.72. The Morgan fingerprint density at radius 2 is 1.93 bits per heavy atom. The van der Waals surface area contributed by atoms with E-state index in [9.17, 15) is 4.79 Å². The summed E-state index contributed by atoms with van der Waals surface area (Å²) in [5.74, 6) is 1.95. The number of nitrogens with zero attached hydrogens (tertiary/aromatic N) is 1. The number of rotatable bonds is 8. The molecule has 1 aliphatic heterocycles. The zero-order valence-electron chi connectivity index (χ0n) is 15.9. The highest BCUT2D eigenvalue weighted by atomic mass is 32.2. The van der Waals surface area contributed by atoms with Gasteiger partial charge in [-0.2, -0.15) is 0 Å². The fourth-order valence-electron chi connectivity index (χ4n) is 3.01. The van der Waals surface area contributed by atoms with Crippen molar-refractivity contribution in [3.05, 3.63) is 48.0 Å². The number of carbonyl (C=O) groups excluding carboxylic acids is 1. The number of fused-ring (bicyclic) bond motifs is 1. The summed E-state index contributed by atoms with van der Waals surface area (Å²) < 4.78 is 11.1. The van der Waals surface area contributed by atoms with Crippen LogP contribution in [0.4, 0.5) is 5.69 Å². The van der Waals surface area contributed by atoms with Crippen LogP contribution >= 0.6 is 11.8 Å². The van der Waals surface area contributed by atoms with Gasteiger partial charge in [-0.05, 0) is 43.7 Å². The first kappa shape index (κ1) is 19.4. The van der Waals surface area contributed by atoms with Crippen LogP contribution in [0.2, 0.25) is 0 Å². The van der Waals surface area contributed by atoms with Crippen molar-refractivity contribution in [3.63, 3.8) is 0 Å². The van der Waals surface area contributed by atoms with E-state index in [2.05, 4.69) is 36.2 Å². The lowest BCUT2D eigenvalue weighted by Gasteiger charge is -2.25. The van der Waals surface area contributed by atoms with Gasteiger partial charge in [0.1, 0.15) is 13.2 Å². The van der Waals surface area contributed by atoms with Crippen molar-refractivity contribution in [2.24, 2.45) is 0 Å². The largest absolute Gasteiger partial charge is 0.486 e. The number of carbonyl (C=O) groups is 1. The minimum absolute atomic E-state index is 0.0377. The molecule has 0 saturated heterocycles. The number of aryl methyl sites for hydroxylation is 1. The summed E-state index contributed by atoms with van der Waals surface area (Å²) in [5.41, 5.74) is 2.47. The Morgan fingerprint density at radius 1 is 1.15 bits per heavy atom. The molecule has 2 aromatic rings. The molecule has 1 amide bonds. The Bertz CT molecular complexity index is 782. The van der Waals surface area contributed by atoms with Gasteiger partial charge in [-0.1, -0.05) is 18.2 Å². The predicted octanol–water partition coefficient (Wildman–Crippen LogP) is 3.50. The number of anilines is 1. The van der Waals surface area contributed by atoms with Crippen molar-refractivity contribution in [2.75, 3.05) is 43.5 Å². The van der Waals surface area contributed by atoms with Crippen LogP contribution in [0.3, 0.4) is 0 Å². The molecule has 0 aromatic heterocycles. The molecule has 0 fully saturated rings. The number of benzene rings is 2. The first-order valence-corrected chi connectivity index (χ1v) is 10.3. The molecule has 6 heteroatoms. The first-order valence-electron chi connectivity index (χ1n) is 9.27. The molecule has 1 aliphatic rings. The molecular formula is C21H26N2O3S. The maximum absolute atomic E-state index is 12.2. The van der Waals surface area contributed by atoms with E-state index in [0.717, 1.165) is 29.5 Å². The van der Waals surface area contributed by atoms with Crippen LogP contribution in [-0.2, 0) is 4.79 Å². The molecule has 0 atom stereocenters. The van der Waals surface area contributed by atoms with Crippen molar-refractivity contribution < 1.29 is 14.3 Å². The Balaban J connectivity index is 1.44. The Morgan fingerprint density at radius 3 is 2.70 bits per heavy atom. The molecule has 0 saturated carbocycles. The SMILES string of the molecule is CCN(CCNC(=O)CSc1ccc2c(c1)OCCO2)c1ccccc1C. The lowest BCUT2D eigenvalue weighted by molar-refractivity contribution is -0.118. The zero-order chi connectivity index (χ0) is 19.1. The number of likely N-dealkylation sites (N-methyl/N-ethyl adjacent to an activating group) is 1. The van der Waals surface area contributed by atoms with E-state index in [0.29, 0.717) is 25.5 Å². The van der Waals surface area contributed by atoms with Crippen molar-refractivity contribution in [2.45, 2.75) is 18.7 Å². The van der Waals surface area contributed by atoms with Crippen LogP contribution in [0.1, 0.15) is 12.5 Å². The average molecular weight is 387 g/mol. The van der Waals surface area contributed by atoms with E-state index in [1.807, 2.05) is 30.3 Å². The summed E-state index contributed by atoms with van der Waals surface area (Å²) in [6, 6.07) is 14.1. The lowest BCUT2D eigenvalue weighted by atomic mass is 10.2. The molecule has 2 aromatic carbocycles. The standard InChI is InChI=1S/C21H26N2O3S/c1-3-23(18-7-5-4-6-16(18)2)11-10-22-21(24)15-27-17-8-9-19-20(14-17)26-13-12-25-19/h4-9,14H,3,10-13,15H2,1-2H3,(H,22,24). The number of hydrogen-bond acceptors (Lipinski definition) is 5. The van der Waals surface area contributed by atoms with E-state index in [1.165, 1.54) is 23.0 Å². The third-order valence-corrected chi connectivity index (χ3v) is 5.42. The van der Waals surface area contributed by atoms with Crippen LogP contribution in [0, 0.1) is 6.92 Å². The number of ether oxygens (including phenoxy) is 2. The molecule has 0 aliphatic carbocycles. The lowest BCUT2D eigenvalue weighted by Crippen LogP contribution is -2.36. The van der Waals surface area contributed by atoms with Crippen LogP contribution in [0.25, 0.3) is 0 Å². The smallest absolute Gasteiger partial charge is 0.230 e. The van der Waals surface area contributed by atoms with E-state index in [-0.39, 0.29) is 5.91 Å². The molecule has 0 unspecified atom stereocenters. The van der Waals surface area contributed by atoms with Gasteiger partial charge in [-0.3, -0.25) is 4.79 Å². The Labute approximate surface area is 165 Å². The average Bonchev–Trinajstić information content (AvgIpc) is 2.70. The molecule has 1 N–H and O–H groups in total. The van der Waals surface area contributed by atoms with E-state index in [1.54, 1.807) is 0 Å². The third kappa shape index (κ3) is 5.32. The topological polar surface area (TPSA) is 50.8 Å². The van der Waals surface area contributed by atoms with Gasteiger partial charge >= 0.3 is 0 Å². The van der Waals surface area contributed by atoms with E-state index in [4.69, 9.17) is 9.47 Å². The van der Waals surface area contributed by atoms with Gasteiger partial charge in [0, 0.05) is 30.2 Å². The molecule has 0 spiro atoms. The van der Waals surface area contributed by atoms with Crippen LogP contribution < -0.4 is 19.7 Å². The fraction of sp³-hybridized carbons (Fsp3) is 0.381. The zero-order valence-corrected chi connectivity index (χ0v) is 16.7. The van der Waals surface area contributed by atoms with Crippen LogP contribution in [-0.4, -0.2) is 44.5 Å². The van der Waals surface area contributed by atoms with Crippen molar-refractivity contribution >= 4 is 23.4 Å². The normalized spacial score (nSPS) is 12.5. The van der Waals surface area contributed by atoms with E-state index < -0.39 is 0 Å². The Hall–Kier alpha value is -2.34.